The van der Waals surface area contributed by atoms with Crippen molar-refractivity contribution in [1.82, 2.24) is 0 Å². The molecule has 3 rings (SSSR count). The fraction of sp³-hybridized carbons (Fsp3) is 0.148. The van der Waals surface area contributed by atoms with E-state index in [4.69, 9.17) is 44.5 Å². The average Bonchev–Trinajstić information content (AvgIpc) is 2.96. The molecule has 0 radical (unpaired) electrons. The van der Waals surface area contributed by atoms with Crippen molar-refractivity contribution in [3.8, 4) is 23.0 Å². The molecule has 14 nitrogen and oxygen atoms in total. The van der Waals surface area contributed by atoms with Gasteiger partial charge in [-0.05, 0) is 42.5 Å². The Balaban J connectivity index is 0.000000311. The third-order valence-corrected chi connectivity index (χ3v) is 5.00. The number of methoxy groups -OCH3 is 4. The average molecular weight is 574 g/mol. The summed E-state index contributed by atoms with van der Waals surface area (Å²) in [5.74, 6) is -4.83. The largest absolute Gasteiger partial charge is 0.493 e. The van der Waals surface area contributed by atoms with E-state index in [1.54, 1.807) is 6.07 Å². The summed E-state index contributed by atoms with van der Waals surface area (Å²) in [6, 6.07) is 12.1. The van der Waals surface area contributed by atoms with Crippen molar-refractivity contribution in [2.75, 3.05) is 28.4 Å². The van der Waals surface area contributed by atoms with Crippen LogP contribution in [0.4, 0.5) is 0 Å². The SMILES string of the molecule is COc1cc(C(=O)O)c(C(=O)O)cc1OC.COc1ccc(C(=O)O)cc1OC.O=C(O)c1ccccc1C(=O)O. The van der Waals surface area contributed by atoms with E-state index in [9.17, 15) is 24.0 Å². The van der Waals surface area contributed by atoms with E-state index < -0.39 is 29.8 Å². The Hall–Kier alpha value is -5.79. The lowest BCUT2D eigenvalue weighted by Gasteiger charge is -2.10. The number of carboxylic acids is 5. The third kappa shape index (κ3) is 9.17. The summed E-state index contributed by atoms with van der Waals surface area (Å²) in [6.07, 6.45) is 0. The number of hydrogen-bond donors (Lipinski definition) is 5. The van der Waals surface area contributed by atoms with Crippen LogP contribution in [0.15, 0.2) is 54.6 Å². The van der Waals surface area contributed by atoms with Crippen LogP contribution < -0.4 is 18.9 Å². The van der Waals surface area contributed by atoms with Gasteiger partial charge in [0.2, 0.25) is 0 Å². The van der Waals surface area contributed by atoms with Crippen molar-refractivity contribution in [3.63, 3.8) is 0 Å². The molecule has 0 aliphatic heterocycles. The number of carbonyl (C=O) groups is 5. The summed E-state index contributed by atoms with van der Waals surface area (Å²) in [4.78, 5) is 53.2. The summed E-state index contributed by atoms with van der Waals surface area (Å²) < 4.78 is 19.7. The van der Waals surface area contributed by atoms with E-state index in [0.717, 1.165) is 12.1 Å². The maximum absolute atomic E-state index is 10.8. The number of benzene rings is 3. The first kappa shape index (κ1) is 33.2. The van der Waals surface area contributed by atoms with Gasteiger partial charge in [0.25, 0.3) is 0 Å². The van der Waals surface area contributed by atoms with Crippen molar-refractivity contribution in [2.24, 2.45) is 0 Å². The van der Waals surface area contributed by atoms with Crippen molar-refractivity contribution >= 4 is 29.8 Å². The zero-order valence-electron chi connectivity index (χ0n) is 22.1. The Morgan fingerprint density at radius 3 is 1.07 bits per heavy atom. The first-order chi connectivity index (χ1) is 19.3. The summed E-state index contributed by atoms with van der Waals surface area (Å²) >= 11 is 0. The minimum Gasteiger partial charge on any atom is -0.493 e. The van der Waals surface area contributed by atoms with E-state index in [1.807, 2.05) is 0 Å². The van der Waals surface area contributed by atoms with E-state index >= 15 is 0 Å². The van der Waals surface area contributed by atoms with Gasteiger partial charge >= 0.3 is 29.8 Å². The zero-order valence-corrected chi connectivity index (χ0v) is 22.1. The molecule has 0 spiro atoms. The summed E-state index contributed by atoms with van der Waals surface area (Å²) in [5.41, 5.74) is -0.886. The summed E-state index contributed by atoms with van der Waals surface area (Å²) in [6.45, 7) is 0. The van der Waals surface area contributed by atoms with Gasteiger partial charge in [0.15, 0.2) is 23.0 Å². The third-order valence-electron chi connectivity index (χ3n) is 5.00. The molecular formula is C27H26O14. The quantitative estimate of drug-likeness (QED) is 0.246. The number of hydrogen-bond acceptors (Lipinski definition) is 9. The predicted molar refractivity (Wildman–Crippen MR) is 140 cm³/mol. The molecule has 0 aliphatic rings. The lowest BCUT2D eigenvalue weighted by Crippen LogP contribution is -2.09. The number of ether oxygens (including phenoxy) is 4. The molecule has 0 unspecified atom stereocenters. The Labute approximate surface area is 232 Å². The minimum absolute atomic E-state index is 0.171. The molecular weight excluding hydrogens is 548 g/mol. The van der Waals surface area contributed by atoms with Crippen molar-refractivity contribution in [1.29, 1.82) is 0 Å². The molecule has 5 N–H and O–H groups in total. The molecule has 0 saturated heterocycles. The monoisotopic (exact) mass is 574 g/mol. The number of aromatic carboxylic acids is 5. The van der Waals surface area contributed by atoms with Gasteiger partial charge in [0.1, 0.15) is 0 Å². The van der Waals surface area contributed by atoms with Crippen LogP contribution in [0.5, 0.6) is 23.0 Å². The predicted octanol–water partition coefficient (Wildman–Crippen LogP) is 3.59. The fourth-order valence-corrected chi connectivity index (χ4v) is 3.06. The van der Waals surface area contributed by atoms with Gasteiger partial charge in [0.05, 0.1) is 56.3 Å². The Bertz CT molecular complexity index is 1350. The van der Waals surface area contributed by atoms with E-state index in [-0.39, 0.29) is 39.3 Å². The first-order valence-corrected chi connectivity index (χ1v) is 11.1. The van der Waals surface area contributed by atoms with E-state index in [2.05, 4.69) is 0 Å². The Kier molecular flexibility index (Phi) is 12.6. The summed E-state index contributed by atoms with van der Waals surface area (Å²) in [5, 5.41) is 43.5. The van der Waals surface area contributed by atoms with Crippen molar-refractivity contribution < 1.29 is 68.5 Å². The van der Waals surface area contributed by atoms with Crippen LogP contribution in [-0.4, -0.2) is 83.8 Å². The van der Waals surface area contributed by atoms with Crippen LogP contribution in [0.1, 0.15) is 51.8 Å². The molecule has 0 atom stereocenters. The minimum atomic E-state index is -1.33. The van der Waals surface area contributed by atoms with Gasteiger partial charge in [0, 0.05) is 0 Å². The molecule has 0 aromatic heterocycles. The van der Waals surface area contributed by atoms with Gasteiger partial charge < -0.3 is 44.5 Å². The normalized spacial score (nSPS) is 9.46. The molecule has 14 heteroatoms. The number of carboxylic acid groups (broad SMARTS) is 5. The maximum atomic E-state index is 10.8. The molecule has 0 amide bonds. The van der Waals surface area contributed by atoms with Crippen molar-refractivity contribution in [3.05, 3.63) is 82.4 Å². The topological polar surface area (TPSA) is 223 Å². The molecule has 0 bridgehead atoms. The standard InChI is InChI=1S/C10H10O6.C9H10O4.C8H6O4/c1-15-7-3-5(9(11)12)6(10(13)14)4-8(7)16-2;1-12-7-4-3-6(9(10)11)5-8(7)13-2;9-7(10)5-3-1-2-4-6(5)8(11)12/h3-4H,1-2H3,(H,11,12)(H,13,14);3-5H,1-2H3,(H,10,11);1-4H,(H,9,10)(H,11,12). The molecule has 3 aromatic rings. The molecule has 0 aliphatic carbocycles. The van der Waals surface area contributed by atoms with Crippen LogP contribution >= 0.6 is 0 Å². The maximum Gasteiger partial charge on any atom is 0.336 e. The highest BCUT2D eigenvalue weighted by Crippen LogP contribution is 2.30. The highest BCUT2D eigenvalue weighted by atomic mass is 16.5. The van der Waals surface area contributed by atoms with Gasteiger partial charge in [-0.25, -0.2) is 24.0 Å². The Morgan fingerprint density at radius 2 is 0.780 bits per heavy atom. The van der Waals surface area contributed by atoms with Gasteiger partial charge in [-0.2, -0.15) is 0 Å². The van der Waals surface area contributed by atoms with Crippen LogP contribution in [0.3, 0.4) is 0 Å². The molecule has 0 saturated carbocycles. The van der Waals surface area contributed by atoms with Crippen LogP contribution in [0.25, 0.3) is 0 Å². The van der Waals surface area contributed by atoms with Crippen LogP contribution in [-0.2, 0) is 0 Å². The summed E-state index contributed by atoms with van der Waals surface area (Å²) in [7, 11) is 5.63. The molecule has 41 heavy (non-hydrogen) atoms. The lowest BCUT2D eigenvalue weighted by atomic mass is 10.1. The van der Waals surface area contributed by atoms with Gasteiger partial charge in [-0.1, -0.05) is 12.1 Å². The lowest BCUT2D eigenvalue weighted by molar-refractivity contribution is 0.0651. The highest BCUT2D eigenvalue weighted by Gasteiger charge is 2.20. The molecule has 218 valence electrons. The van der Waals surface area contributed by atoms with E-state index in [1.165, 1.54) is 64.8 Å². The van der Waals surface area contributed by atoms with Crippen LogP contribution in [0, 0.1) is 0 Å². The van der Waals surface area contributed by atoms with E-state index in [0.29, 0.717) is 11.5 Å². The van der Waals surface area contributed by atoms with Gasteiger partial charge in [-0.15, -0.1) is 0 Å². The zero-order chi connectivity index (χ0) is 31.3. The fourth-order valence-electron chi connectivity index (χ4n) is 3.06. The second-order valence-corrected chi connectivity index (χ2v) is 7.39. The van der Waals surface area contributed by atoms with Gasteiger partial charge in [-0.3, -0.25) is 0 Å². The number of rotatable bonds is 9. The van der Waals surface area contributed by atoms with Crippen LogP contribution in [0.2, 0.25) is 0 Å². The second kappa shape index (κ2) is 15.6. The highest BCUT2D eigenvalue weighted by molar-refractivity contribution is 6.03. The Morgan fingerprint density at radius 1 is 0.439 bits per heavy atom. The smallest absolute Gasteiger partial charge is 0.336 e. The molecule has 0 fully saturated rings. The molecule has 3 aromatic carbocycles. The second-order valence-electron chi connectivity index (χ2n) is 7.39. The van der Waals surface area contributed by atoms with Crippen molar-refractivity contribution in [2.45, 2.75) is 0 Å². The first-order valence-electron chi connectivity index (χ1n) is 11.1. The molecule has 0 heterocycles.